The molecule has 1 fully saturated rings. The van der Waals surface area contributed by atoms with E-state index in [-0.39, 0.29) is 6.61 Å². The lowest BCUT2D eigenvalue weighted by molar-refractivity contribution is 0.216. The summed E-state index contributed by atoms with van der Waals surface area (Å²) in [6.07, 6.45) is 0. The maximum absolute atomic E-state index is 9.44. The van der Waals surface area contributed by atoms with E-state index in [9.17, 15) is 5.11 Å². The Morgan fingerprint density at radius 3 is 2.75 bits per heavy atom. The number of nitrogens with zero attached hydrogens (tertiary/aromatic N) is 3. The lowest BCUT2D eigenvalue weighted by Crippen LogP contribution is -2.47. The lowest BCUT2D eigenvalue weighted by atomic mass is 10.2. The Morgan fingerprint density at radius 2 is 2.00 bits per heavy atom. The van der Waals surface area contributed by atoms with Crippen LogP contribution in [0.2, 0.25) is 0 Å². The van der Waals surface area contributed by atoms with Crippen LogP contribution in [0, 0.1) is 6.92 Å². The van der Waals surface area contributed by atoms with Gasteiger partial charge in [-0.15, -0.1) is 11.3 Å². The Labute approximate surface area is 146 Å². The van der Waals surface area contributed by atoms with Crippen molar-refractivity contribution in [1.82, 2.24) is 9.80 Å². The summed E-state index contributed by atoms with van der Waals surface area (Å²) in [6.45, 7) is 6.24. The monoisotopic (exact) mass is 342 g/mol. The highest BCUT2D eigenvalue weighted by atomic mass is 32.1. The third kappa shape index (κ3) is 2.81. The van der Waals surface area contributed by atoms with Crippen LogP contribution in [0.15, 0.2) is 29.3 Å². The van der Waals surface area contributed by atoms with E-state index in [2.05, 4.69) is 35.2 Å². The molecule has 4 rings (SSSR count). The summed E-state index contributed by atoms with van der Waals surface area (Å²) in [5.74, 6) is 1.05. The number of aliphatic imine (C=N–C) groups is 1. The molecule has 0 atom stereocenters. The van der Waals surface area contributed by atoms with Gasteiger partial charge in [0.15, 0.2) is 0 Å². The number of amidine groups is 1. The molecule has 6 heteroatoms. The van der Waals surface area contributed by atoms with E-state index in [4.69, 9.17) is 4.99 Å². The first-order chi connectivity index (χ1) is 11.6. The summed E-state index contributed by atoms with van der Waals surface area (Å²) in [7, 11) is 2.16. The fourth-order valence-electron chi connectivity index (χ4n) is 3.20. The van der Waals surface area contributed by atoms with Crippen LogP contribution in [0.5, 0.6) is 0 Å². The Balaban J connectivity index is 1.81. The second kappa shape index (κ2) is 6.20. The van der Waals surface area contributed by atoms with Crippen molar-refractivity contribution in [3.63, 3.8) is 0 Å². The third-order valence-corrected chi connectivity index (χ3v) is 5.58. The van der Waals surface area contributed by atoms with Gasteiger partial charge in [0.1, 0.15) is 10.8 Å². The Hall–Kier alpha value is -1.89. The summed E-state index contributed by atoms with van der Waals surface area (Å²) in [6, 6.07) is 8.16. The molecule has 0 bridgehead atoms. The lowest BCUT2D eigenvalue weighted by Gasteiger charge is -2.34. The van der Waals surface area contributed by atoms with E-state index < -0.39 is 0 Å². The van der Waals surface area contributed by atoms with Crippen molar-refractivity contribution < 1.29 is 5.11 Å². The molecule has 0 spiro atoms. The summed E-state index contributed by atoms with van der Waals surface area (Å²) in [4.78, 5) is 11.0. The minimum atomic E-state index is 0.0353. The zero-order valence-corrected chi connectivity index (χ0v) is 14.9. The first-order valence-corrected chi connectivity index (χ1v) is 9.09. The molecule has 24 heavy (non-hydrogen) atoms. The van der Waals surface area contributed by atoms with Crippen molar-refractivity contribution in [3.05, 3.63) is 40.3 Å². The molecule has 3 heterocycles. The zero-order valence-electron chi connectivity index (χ0n) is 14.0. The van der Waals surface area contributed by atoms with Gasteiger partial charge >= 0.3 is 0 Å². The number of aliphatic hydroxyl groups is 1. The average Bonchev–Trinajstić information content (AvgIpc) is 2.88. The number of hydrogen-bond acceptors (Lipinski definition) is 6. The normalized spacial score (nSPS) is 17.6. The SMILES string of the molecule is Cc1cc2c(s1)Nc1ccc(CO)cc1N=C2N1CCN(C)CC1. The maximum atomic E-state index is 9.44. The summed E-state index contributed by atoms with van der Waals surface area (Å²) < 4.78 is 0. The second-order valence-electron chi connectivity index (χ2n) is 6.46. The van der Waals surface area contributed by atoms with Crippen LogP contribution in [-0.2, 0) is 6.61 Å². The van der Waals surface area contributed by atoms with Crippen LogP contribution < -0.4 is 5.32 Å². The number of anilines is 2. The molecular weight excluding hydrogens is 320 g/mol. The molecule has 0 amide bonds. The highest BCUT2D eigenvalue weighted by Gasteiger charge is 2.25. The topological polar surface area (TPSA) is 51.1 Å². The minimum Gasteiger partial charge on any atom is -0.392 e. The van der Waals surface area contributed by atoms with Crippen molar-refractivity contribution in [2.45, 2.75) is 13.5 Å². The number of fused-ring (bicyclic) bond motifs is 2. The molecule has 0 aliphatic carbocycles. The number of benzene rings is 1. The van der Waals surface area contributed by atoms with Crippen LogP contribution >= 0.6 is 11.3 Å². The molecule has 2 aromatic rings. The maximum Gasteiger partial charge on any atom is 0.139 e. The number of hydrogen-bond donors (Lipinski definition) is 2. The molecule has 0 radical (unpaired) electrons. The fourth-order valence-corrected chi connectivity index (χ4v) is 4.12. The fraction of sp³-hybridized carbons (Fsp3) is 0.389. The van der Waals surface area contributed by atoms with Gasteiger partial charge in [-0.05, 0) is 37.7 Å². The van der Waals surface area contributed by atoms with E-state index in [1.54, 1.807) is 11.3 Å². The summed E-state index contributed by atoms with van der Waals surface area (Å²) >= 11 is 1.77. The van der Waals surface area contributed by atoms with Gasteiger partial charge in [0, 0.05) is 31.1 Å². The van der Waals surface area contributed by atoms with E-state index in [1.807, 2.05) is 18.2 Å². The predicted octanol–water partition coefficient (Wildman–Crippen LogP) is 2.93. The number of rotatable bonds is 1. The first kappa shape index (κ1) is 15.6. The Morgan fingerprint density at radius 1 is 1.21 bits per heavy atom. The largest absolute Gasteiger partial charge is 0.392 e. The molecular formula is C18H22N4OS. The number of likely N-dealkylation sites (N-methyl/N-ethyl adjacent to an activating group) is 1. The molecule has 5 nitrogen and oxygen atoms in total. The zero-order chi connectivity index (χ0) is 16.7. The molecule has 0 saturated carbocycles. The molecule has 1 saturated heterocycles. The van der Waals surface area contributed by atoms with Crippen LogP contribution in [0.3, 0.4) is 0 Å². The number of aryl methyl sites for hydroxylation is 1. The summed E-state index contributed by atoms with van der Waals surface area (Å²) in [5.41, 5.74) is 3.97. The van der Waals surface area contributed by atoms with Gasteiger partial charge < -0.3 is 20.2 Å². The Bertz CT molecular complexity index is 790. The number of piperazine rings is 1. The van der Waals surface area contributed by atoms with Crippen LogP contribution in [0.25, 0.3) is 0 Å². The summed E-state index contributed by atoms with van der Waals surface area (Å²) in [5, 5.41) is 14.1. The van der Waals surface area contributed by atoms with E-state index >= 15 is 0 Å². The van der Waals surface area contributed by atoms with Crippen molar-refractivity contribution >= 4 is 33.5 Å². The smallest absolute Gasteiger partial charge is 0.139 e. The van der Waals surface area contributed by atoms with E-state index in [0.29, 0.717) is 0 Å². The first-order valence-electron chi connectivity index (χ1n) is 8.28. The molecule has 2 N–H and O–H groups in total. The van der Waals surface area contributed by atoms with E-state index in [1.165, 1.54) is 10.4 Å². The molecule has 2 aliphatic rings. The number of nitrogens with one attached hydrogen (secondary N) is 1. The Kier molecular flexibility index (Phi) is 4.04. The van der Waals surface area contributed by atoms with Gasteiger partial charge in [-0.25, -0.2) is 4.99 Å². The number of thiophene rings is 1. The molecule has 0 unspecified atom stereocenters. The van der Waals surface area contributed by atoms with Crippen molar-refractivity contribution in [2.24, 2.45) is 4.99 Å². The molecule has 1 aromatic heterocycles. The number of aliphatic hydroxyl groups excluding tert-OH is 1. The average molecular weight is 342 g/mol. The highest BCUT2D eigenvalue weighted by molar-refractivity contribution is 7.16. The predicted molar refractivity (Wildman–Crippen MR) is 100.0 cm³/mol. The molecule has 126 valence electrons. The van der Waals surface area contributed by atoms with Gasteiger partial charge in [0.2, 0.25) is 0 Å². The van der Waals surface area contributed by atoms with Crippen molar-refractivity contribution in [1.29, 1.82) is 0 Å². The van der Waals surface area contributed by atoms with Gasteiger partial charge in [0.25, 0.3) is 0 Å². The van der Waals surface area contributed by atoms with Crippen LogP contribution in [-0.4, -0.2) is 54.0 Å². The van der Waals surface area contributed by atoms with Gasteiger partial charge in [0.05, 0.1) is 23.5 Å². The van der Waals surface area contributed by atoms with Gasteiger partial charge in [-0.2, -0.15) is 0 Å². The van der Waals surface area contributed by atoms with Crippen LogP contribution in [0.1, 0.15) is 16.0 Å². The van der Waals surface area contributed by atoms with E-state index in [0.717, 1.165) is 54.0 Å². The quantitative estimate of drug-likeness (QED) is 0.837. The highest BCUT2D eigenvalue weighted by Crippen LogP contribution is 2.39. The minimum absolute atomic E-state index is 0.0353. The molecule has 1 aromatic carbocycles. The van der Waals surface area contributed by atoms with Gasteiger partial charge in [-0.1, -0.05) is 6.07 Å². The second-order valence-corrected chi connectivity index (χ2v) is 7.72. The van der Waals surface area contributed by atoms with Crippen LogP contribution in [0.4, 0.5) is 16.4 Å². The van der Waals surface area contributed by atoms with Gasteiger partial charge in [-0.3, -0.25) is 0 Å². The standard InChI is InChI=1S/C18H22N4OS/c1-12-9-14-17(22-7-5-21(2)6-8-22)19-16-10-13(11-23)3-4-15(16)20-18(14)24-12/h3-4,9-10,20,23H,5-8,11H2,1-2H3. The third-order valence-electron chi connectivity index (χ3n) is 4.62. The van der Waals surface area contributed by atoms with Crippen molar-refractivity contribution in [2.75, 3.05) is 38.5 Å². The molecule has 2 aliphatic heterocycles. The van der Waals surface area contributed by atoms with Crippen molar-refractivity contribution in [3.8, 4) is 0 Å².